The van der Waals surface area contributed by atoms with Crippen LogP contribution in [0.1, 0.15) is 46.4 Å². The van der Waals surface area contributed by atoms with Crippen molar-refractivity contribution in [2.45, 2.75) is 25.7 Å². The van der Waals surface area contributed by atoms with Crippen molar-refractivity contribution < 1.29 is 14.4 Å². The zero-order valence-electron chi connectivity index (χ0n) is 18.0. The predicted molar refractivity (Wildman–Crippen MR) is 129 cm³/mol. The Bertz CT molecular complexity index is 1130. The lowest BCUT2D eigenvalue weighted by molar-refractivity contribution is -0.112. The van der Waals surface area contributed by atoms with E-state index in [1.807, 2.05) is 0 Å². The molecule has 1 aromatic carbocycles. The van der Waals surface area contributed by atoms with E-state index in [1.54, 1.807) is 24.3 Å². The summed E-state index contributed by atoms with van der Waals surface area (Å²) in [7, 11) is 0. The van der Waals surface area contributed by atoms with Gasteiger partial charge in [0.1, 0.15) is 0 Å². The fraction of sp³-hybridized carbons (Fsp3) is 0.375. The number of nitrogens with zero attached hydrogens (tertiary/aromatic N) is 3. The van der Waals surface area contributed by atoms with Crippen LogP contribution in [0.2, 0.25) is 0 Å². The van der Waals surface area contributed by atoms with Crippen LogP contribution >= 0.6 is 23.8 Å². The minimum atomic E-state index is -0.456. The van der Waals surface area contributed by atoms with Crippen molar-refractivity contribution in [3.8, 4) is 6.07 Å². The average Bonchev–Trinajstić information content (AvgIpc) is 3.05. The molecule has 0 spiro atoms. The number of hydrogen-bond donors (Lipinski definition) is 1. The van der Waals surface area contributed by atoms with E-state index in [-0.39, 0.29) is 22.7 Å². The minimum absolute atomic E-state index is 0.212. The second-order valence-electron chi connectivity index (χ2n) is 8.38. The Morgan fingerprint density at radius 3 is 2.73 bits per heavy atom. The maximum absolute atomic E-state index is 13.2. The number of carbonyl (C=O) groups is 3. The van der Waals surface area contributed by atoms with E-state index in [9.17, 15) is 14.4 Å². The lowest BCUT2D eigenvalue weighted by Gasteiger charge is -2.30. The SMILES string of the molecule is N#CCN1CCC(CCN2C(=O)c3cccc(NC(=O)C4=CC(Cl)=CCC4=S)c3C2=O)CC1. The van der Waals surface area contributed by atoms with Crippen molar-refractivity contribution in [1.82, 2.24) is 9.80 Å². The Balaban J connectivity index is 1.44. The molecule has 0 saturated carbocycles. The second-order valence-corrected chi connectivity index (χ2v) is 9.31. The quantitative estimate of drug-likeness (QED) is 0.378. The standard InChI is InChI=1S/C24H23ClN4O3S/c25-16-4-5-20(33)18(14-16)22(30)27-19-3-1-2-17-21(19)24(32)29(23(17)31)12-8-15-6-10-28(11-7-15)13-9-26/h1-4,14-15H,5-8,10-13H2,(H,27,30). The van der Waals surface area contributed by atoms with Crippen LogP contribution in [-0.4, -0.2) is 58.6 Å². The van der Waals surface area contributed by atoms with Crippen molar-refractivity contribution in [3.05, 3.63) is 52.1 Å². The van der Waals surface area contributed by atoms with Gasteiger partial charge in [-0.3, -0.25) is 24.2 Å². The van der Waals surface area contributed by atoms with Crippen molar-refractivity contribution in [2.24, 2.45) is 5.92 Å². The van der Waals surface area contributed by atoms with E-state index in [0.717, 1.165) is 32.4 Å². The fourth-order valence-corrected chi connectivity index (χ4v) is 4.87. The number of piperidine rings is 1. The van der Waals surface area contributed by atoms with Gasteiger partial charge >= 0.3 is 0 Å². The fourth-order valence-electron chi connectivity index (χ4n) is 4.44. The van der Waals surface area contributed by atoms with Gasteiger partial charge in [-0.15, -0.1) is 0 Å². The van der Waals surface area contributed by atoms with Gasteiger partial charge in [0.2, 0.25) is 0 Å². The number of benzene rings is 1. The lowest BCUT2D eigenvalue weighted by Crippen LogP contribution is -2.36. The van der Waals surface area contributed by atoms with Gasteiger partial charge < -0.3 is 5.32 Å². The summed E-state index contributed by atoms with van der Waals surface area (Å²) < 4.78 is 0. The number of likely N-dealkylation sites (tertiary alicyclic amines) is 1. The first-order valence-corrected chi connectivity index (χ1v) is 11.7. The first-order chi connectivity index (χ1) is 15.9. The monoisotopic (exact) mass is 482 g/mol. The summed E-state index contributed by atoms with van der Waals surface area (Å²) >= 11 is 11.3. The Hall–Kier alpha value is -2.86. The molecule has 0 radical (unpaired) electrons. The number of hydrogen-bond acceptors (Lipinski definition) is 6. The number of rotatable bonds is 6. The minimum Gasteiger partial charge on any atom is -0.321 e. The maximum atomic E-state index is 13.2. The smallest absolute Gasteiger partial charge is 0.263 e. The van der Waals surface area contributed by atoms with Crippen LogP contribution in [0.4, 0.5) is 5.69 Å². The van der Waals surface area contributed by atoms with Crippen molar-refractivity contribution >= 4 is 52.1 Å². The predicted octanol–water partition coefficient (Wildman–Crippen LogP) is 3.67. The number of amides is 3. The Morgan fingerprint density at radius 2 is 2.00 bits per heavy atom. The maximum Gasteiger partial charge on any atom is 0.263 e. The number of thiocarbonyl (C=S) groups is 1. The highest BCUT2D eigenvalue weighted by Gasteiger charge is 2.38. The van der Waals surface area contributed by atoms with Crippen molar-refractivity contribution in [2.75, 3.05) is 31.5 Å². The molecule has 9 heteroatoms. The van der Waals surface area contributed by atoms with Gasteiger partial charge in [0.25, 0.3) is 17.7 Å². The largest absolute Gasteiger partial charge is 0.321 e. The van der Waals surface area contributed by atoms with Gasteiger partial charge in [-0.2, -0.15) is 5.26 Å². The molecular weight excluding hydrogens is 460 g/mol. The molecule has 2 aliphatic heterocycles. The molecule has 2 heterocycles. The Labute approximate surface area is 202 Å². The molecule has 3 amide bonds. The molecule has 170 valence electrons. The lowest BCUT2D eigenvalue weighted by atomic mass is 9.93. The third kappa shape index (κ3) is 4.91. The molecule has 0 bridgehead atoms. The summed E-state index contributed by atoms with van der Waals surface area (Å²) in [5.74, 6) is -0.791. The topological polar surface area (TPSA) is 93.5 Å². The third-order valence-electron chi connectivity index (χ3n) is 6.32. The zero-order valence-corrected chi connectivity index (χ0v) is 19.5. The molecular formula is C24H23ClN4O3S. The summed E-state index contributed by atoms with van der Waals surface area (Å²) in [6, 6.07) is 7.04. The van der Waals surface area contributed by atoms with E-state index < -0.39 is 11.8 Å². The van der Waals surface area contributed by atoms with Crippen LogP contribution in [0.15, 0.2) is 41.0 Å². The molecule has 1 N–H and O–H groups in total. The zero-order chi connectivity index (χ0) is 23.5. The first-order valence-electron chi connectivity index (χ1n) is 10.9. The summed E-state index contributed by atoms with van der Waals surface area (Å²) in [4.78, 5) is 42.8. The van der Waals surface area contributed by atoms with E-state index in [4.69, 9.17) is 29.1 Å². The molecule has 1 saturated heterocycles. The van der Waals surface area contributed by atoms with Crippen molar-refractivity contribution in [1.29, 1.82) is 5.26 Å². The van der Waals surface area contributed by atoms with Crippen LogP contribution in [0.3, 0.4) is 0 Å². The highest BCUT2D eigenvalue weighted by atomic mass is 35.5. The van der Waals surface area contributed by atoms with Crippen LogP contribution in [-0.2, 0) is 4.79 Å². The summed E-state index contributed by atoms with van der Waals surface area (Å²) in [5, 5.41) is 12.0. The molecule has 0 atom stereocenters. The van der Waals surface area contributed by atoms with Gasteiger partial charge in [-0.25, -0.2) is 0 Å². The average molecular weight is 483 g/mol. The molecule has 0 unspecified atom stereocenters. The summed E-state index contributed by atoms with van der Waals surface area (Å²) in [6.45, 7) is 2.48. The van der Waals surface area contributed by atoms with Crippen LogP contribution in [0.5, 0.6) is 0 Å². The molecule has 0 aromatic heterocycles. The number of halogens is 1. The Kier molecular flexibility index (Phi) is 7.03. The number of carbonyl (C=O) groups excluding carboxylic acids is 3. The van der Waals surface area contributed by atoms with Gasteiger partial charge in [0.15, 0.2) is 0 Å². The van der Waals surface area contributed by atoms with Crippen LogP contribution in [0, 0.1) is 17.2 Å². The normalized spacial score (nSPS) is 19.2. The number of anilines is 1. The summed E-state index contributed by atoms with van der Waals surface area (Å²) in [6.07, 6.45) is 6.25. The highest BCUT2D eigenvalue weighted by molar-refractivity contribution is 7.81. The van der Waals surface area contributed by atoms with Gasteiger partial charge in [-0.05, 0) is 56.5 Å². The van der Waals surface area contributed by atoms with Gasteiger partial charge in [0, 0.05) is 22.9 Å². The van der Waals surface area contributed by atoms with Crippen molar-refractivity contribution in [3.63, 3.8) is 0 Å². The molecule has 1 aromatic rings. The van der Waals surface area contributed by atoms with Gasteiger partial charge in [-0.1, -0.05) is 36.0 Å². The second kappa shape index (κ2) is 9.96. The van der Waals surface area contributed by atoms with E-state index in [1.165, 1.54) is 11.0 Å². The number of fused-ring (bicyclic) bond motifs is 1. The van der Waals surface area contributed by atoms with Gasteiger partial charge in [0.05, 0.1) is 35.0 Å². The highest BCUT2D eigenvalue weighted by Crippen LogP contribution is 2.31. The van der Waals surface area contributed by atoms with Crippen LogP contribution < -0.4 is 5.32 Å². The number of nitriles is 1. The van der Waals surface area contributed by atoms with E-state index in [0.29, 0.717) is 40.9 Å². The van der Waals surface area contributed by atoms with E-state index >= 15 is 0 Å². The number of nitrogens with one attached hydrogen (secondary N) is 1. The number of allylic oxidation sites excluding steroid dienone is 3. The summed E-state index contributed by atoms with van der Waals surface area (Å²) in [5.41, 5.74) is 1.08. The molecule has 1 fully saturated rings. The molecule has 7 nitrogen and oxygen atoms in total. The number of imide groups is 1. The van der Waals surface area contributed by atoms with Crippen LogP contribution in [0.25, 0.3) is 0 Å². The first kappa shape index (κ1) is 23.3. The molecule has 3 aliphatic rings. The third-order valence-corrected chi connectivity index (χ3v) is 6.97. The molecule has 1 aliphatic carbocycles. The van der Waals surface area contributed by atoms with E-state index in [2.05, 4.69) is 16.3 Å². The Morgan fingerprint density at radius 1 is 1.24 bits per heavy atom. The molecule has 33 heavy (non-hydrogen) atoms. The molecule has 4 rings (SSSR count).